The van der Waals surface area contributed by atoms with Crippen molar-refractivity contribution in [1.82, 2.24) is 9.97 Å². The van der Waals surface area contributed by atoms with E-state index in [0.717, 1.165) is 11.6 Å². The zero-order valence-corrected chi connectivity index (χ0v) is 11.6. The minimum absolute atomic E-state index is 0.0922. The first kappa shape index (κ1) is 13.0. The molecule has 0 saturated carbocycles. The van der Waals surface area contributed by atoms with Crippen molar-refractivity contribution in [2.45, 2.75) is 24.0 Å². The predicted octanol–water partition coefficient (Wildman–Crippen LogP) is 1.83. The van der Waals surface area contributed by atoms with Crippen molar-refractivity contribution in [2.24, 2.45) is 0 Å². The largest absolute Gasteiger partial charge is 0.378 e. The van der Waals surface area contributed by atoms with Gasteiger partial charge in [-0.1, -0.05) is 6.92 Å². The Labute approximate surface area is 109 Å². The fraction of sp³-hybridized carbons (Fsp3) is 0.636. The van der Waals surface area contributed by atoms with Crippen LogP contribution in [-0.4, -0.2) is 33.8 Å². The van der Waals surface area contributed by atoms with Gasteiger partial charge in [-0.2, -0.15) is 11.8 Å². The van der Waals surface area contributed by atoms with E-state index >= 15 is 0 Å². The molecule has 1 aromatic rings. The number of aromatic nitrogens is 2. The Morgan fingerprint density at radius 1 is 1.53 bits per heavy atom. The Morgan fingerprint density at radius 3 is 3.00 bits per heavy atom. The SMILES string of the molecule is COCc1cc(=O)[nH]c(C2SCCSC2C)n1. The van der Waals surface area contributed by atoms with Gasteiger partial charge >= 0.3 is 0 Å². The standard InChI is InChI=1S/C11H16N2O2S2/c1-7-10(17-4-3-16-7)11-12-8(6-15-2)5-9(14)13-11/h5,7,10H,3-4,6H2,1-2H3,(H,12,13,14). The summed E-state index contributed by atoms with van der Waals surface area (Å²) in [6.07, 6.45) is 0. The average Bonchev–Trinajstić information content (AvgIpc) is 2.29. The Hall–Kier alpha value is -0.460. The van der Waals surface area contributed by atoms with Crippen LogP contribution in [0.15, 0.2) is 10.9 Å². The quantitative estimate of drug-likeness (QED) is 0.909. The summed E-state index contributed by atoms with van der Waals surface area (Å²) in [4.78, 5) is 18.9. The number of thioether (sulfide) groups is 2. The van der Waals surface area contributed by atoms with Crippen molar-refractivity contribution in [3.63, 3.8) is 0 Å². The summed E-state index contributed by atoms with van der Waals surface area (Å²) in [6.45, 7) is 2.57. The highest BCUT2D eigenvalue weighted by Gasteiger charge is 2.26. The summed E-state index contributed by atoms with van der Waals surface area (Å²) in [5.74, 6) is 3.07. The van der Waals surface area contributed by atoms with E-state index in [1.807, 2.05) is 23.5 Å². The van der Waals surface area contributed by atoms with Gasteiger partial charge in [-0.15, -0.1) is 11.8 Å². The molecule has 1 N–H and O–H groups in total. The van der Waals surface area contributed by atoms with Gasteiger partial charge in [0.05, 0.1) is 17.6 Å². The maximum Gasteiger partial charge on any atom is 0.251 e. The molecule has 0 aromatic carbocycles. The van der Waals surface area contributed by atoms with Crippen LogP contribution in [0.2, 0.25) is 0 Å². The molecule has 2 heterocycles. The molecule has 4 nitrogen and oxygen atoms in total. The summed E-state index contributed by atoms with van der Waals surface area (Å²) in [5, 5.41) is 0.757. The highest BCUT2D eigenvalue weighted by Crippen LogP contribution is 2.40. The first-order chi connectivity index (χ1) is 8.20. The molecule has 0 bridgehead atoms. The third-order valence-electron chi connectivity index (χ3n) is 2.56. The zero-order valence-electron chi connectivity index (χ0n) is 9.93. The van der Waals surface area contributed by atoms with Gasteiger partial charge in [0.15, 0.2) is 0 Å². The first-order valence-corrected chi connectivity index (χ1v) is 7.62. The highest BCUT2D eigenvalue weighted by atomic mass is 32.2. The minimum Gasteiger partial charge on any atom is -0.378 e. The third-order valence-corrected chi connectivity index (χ3v) is 5.66. The Morgan fingerprint density at radius 2 is 2.29 bits per heavy atom. The van der Waals surface area contributed by atoms with E-state index in [9.17, 15) is 4.79 Å². The number of methoxy groups -OCH3 is 1. The molecule has 2 unspecified atom stereocenters. The molecule has 2 rings (SSSR count). The van der Waals surface area contributed by atoms with Gasteiger partial charge in [0, 0.05) is 29.9 Å². The number of hydrogen-bond acceptors (Lipinski definition) is 5. The normalized spacial score (nSPS) is 24.8. The van der Waals surface area contributed by atoms with E-state index in [4.69, 9.17) is 4.74 Å². The predicted molar refractivity (Wildman–Crippen MR) is 72.7 cm³/mol. The van der Waals surface area contributed by atoms with Crippen molar-refractivity contribution in [3.05, 3.63) is 27.9 Å². The van der Waals surface area contributed by atoms with Crippen molar-refractivity contribution in [1.29, 1.82) is 0 Å². The molecule has 1 aliphatic heterocycles. The number of H-pyrrole nitrogens is 1. The fourth-order valence-corrected chi connectivity index (χ4v) is 4.53. The van der Waals surface area contributed by atoms with Crippen molar-refractivity contribution >= 4 is 23.5 Å². The lowest BCUT2D eigenvalue weighted by Crippen LogP contribution is -2.22. The smallest absolute Gasteiger partial charge is 0.251 e. The average molecular weight is 272 g/mol. The number of aromatic amines is 1. The van der Waals surface area contributed by atoms with Crippen LogP contribution in [0.1, 0.15) is 23.7 Å². The molecule has 1 saturated heterocycles. The minimum atomic E-state index is -0.0922. The molecule has 94 valence electrons. The summed E-state index contributed by atoms with van der Waals surface area (Å²) < 4.78 is 5.02. The second kappa shape index (κ2) is 5.93. The van der Waals surface area contributed by atoms with E-state index in [1.54, 1.807) is 7.11 Å². The second-order valence-corrected chi connectivity index (χ2v) is 6.66. The summed E-state index contributed by atoms with van der Waals surface area (Å²) in [5.41, 5.74) is 0.611. The fourth-order valence-electron chi connectivity index (χ4n) is 1.82. The Bertz CT molecular complexity index is 436. The molecule has 0 radical (unpaired) electrons. The number of nitrogens with zero attached hydrogens (tertiary/aromatic N) is 1. The number of rotatable bonds is 3. The number of nitrogens with one attached hydrogen (secondary N) is 1. The lowest BCUT2D eigenvalue weighted by Gasteiger charge is -2.27. The van der Waals surface area contributed by atoms with Crippen LogP contribution in [-0.2, 0) is 11.3 Å². The topological polar surface area (TPSA) is 55.0 Å². The maximum atomic E-state index is 11.6. The van der Waals surface area contributed by atoms with Crippen molar-refractivity contribution < 1.29 is 4.74 Å². The van der Waals surface area contributed by atoms with E-state index in [-0.39, 0.29) is 10.8 Å². The molecule has 17 heavy (non-hydrogen) atoms. The van der Waals surface area contributed by atoms with Crippen LogP contribution >= 0.6 is 23.5 Å². The first-order valence-electron chi connectivity index (χ1n) is 5.53. The van der Waals surface area contributed by atoms with E-state index in [0.29, 0.717) is 17.6 Å². The lowest BCUT2D eigenvalue weighted by atomic mass is 10.3. The highest BCUT2D eigenvalue weighted by molar-refractivity contribution is 8.06. The maximum absolute atomic E-state index is 11.6. The van der Waals surface area contributed by atoms with Crippen molar-refractivity contribution in [2.75, 3.05) is 18.6 Å². The van der Waals surface area contributed by atoms with Crippen LogP contribution in [0.5, 0.6) is 0 Å². The molecule has 1 aliphatic rings. The van der Waals surface area contributed by atoms with Gasteiger partial charge in [-0.3, -0.25) is 4.79 Å². The molecule has 0 amide bonds. The monoisotopic (exact) mass is 272 g/mol. The van der Waals surface area contributed by atoms with E-state index in [2.05, 4.69) is 16.9 Å². The van der Waals surface area contributed by atoms with Gasteiger partial charge < -0.3 is 9.72 Å². The van der Waals surface area contributed by atoms with Crippen LogP contribution in [0, 0.1) is 0 Å². The number of hydrogen-bond donors (Lipinski definition) is 1. The third kappa shape index (κ3) is 3.26. The molecule has 0 spiro atoms. The molecule has 6 heteroatoms. The van der Waals surface area contributed by atoms with Crippen LogP contribution in [0.3, 0.4) is 0 Å². The number of ether oxygens (including phenoxy) is 1. The van der Waals surface area contributed by atoms with Crippen molar-refractivity contribution in [3.8, 4) is 0 Å². The molecule has 1 aromatic heterocycles. The molecular weight excluding hydrogens is 256 g/mol. The van der Waals surface area contributed by atoms with Gasteiger partial charge in [-0.25, -0.2) is 4.98 Å². The van der Waals surface area contributed by atoms with Crippen LogP contribution in [0.4, 0.5) is 0 Å². The van der Waals surface area contributed by atoms with Gasteiger partial charge in [-0.05, 0) is 0 Å². The van der Waals surface area contributed by atoms with E-state index < -0.39 is 0 Å². The summed E-state index contributed by atoms with van der Waals surface area (Å²) in [7, 11) is 1.61. The molecule has 1 fully saturated rings. The van der Waals surface area contributed by atoms with Gasteiger partial charge in [0.1, 0.15) is 5.82 Å². The summed E-state index contributed by atoms with van der Waals surface area (Å²) in [6, 6.07) is 1.50. The zero-order chi connectivity index (χ0) is 12.3. The van der Waals surface area contributed by atoms with Crippen LogP contribution < -0.4 is 5.56 Å². The molecule has 2 atom stereocenters. The second-order valence-electron chi connectivity index (χ2n) is 3.92. The molecule has 0 aliphatic carbocycles. The van der Waals surface area contributed by atoms with Gasteiger partial charge in [0.2, 0.25) is 0 Å². The Balaban J connectivity index is 2.27. The Kier molecular flexibility index (Phi) is 4.53. The molecular formula is C11H16N2O2S2. The van der Waals surface area contributed by atoms with Gasteiger partial charge in [0.25, 0.3) is 5.56 Å². The lowest BCUT2D eigenvalue weighted by molar-refractivity contribution is 0.181. The van der Waals surface area contributed by atoms with Crippen LogP contribution in [0.25, 0.3) is 0 Å². The van der Waals surface area contributed by atoms with E-state index in [1.165, 1.54) is 11.8 Å². The summed E-state index contributed by atoms with van der Waals surface area (Å²) >= 11 is 3.80.